The summed E-state index contributed by atoms with van der Waals surface area (Å²) in [6.07, 6.45) is 0.512. The van der Waals surface area contributed by atoms with E-state index in [1.807, 2.05) is 36.4 Å². The molecule has 1 amide bonds. The first-order chi connectivity index (χ1) is 12.6. The number of thioether (sulfide) groups is 1. The summed E-state index contributed by atoms with van der Waals surface area (Å²) in [5.74, 6) is 1.06. The highest BCUT2D eigenvalue weighted by molar-refractivity contribution is 7.99. The van der Waals surface area contributed by atoms with E-state index in [1.54, 1.807) is 19.2 Å². The summed E-state index contributed by atoms with van der Waals surface area (Å²) in [6, 6.07) is 14.6. The number of carbonyl (C=O) groups is 1. The van der Waals surface area contributed by atoms with Crippen LogP contribution in [0.5, 0.6) is 5.75 Å². The van der Waals surface area contributed by atoms with Gasteiger partial charge in [-0.1, -0.05) is 47.6 Å². The van der Waals surface area contributed by atoms with Crippen LogP contribution in [0.2, 0.25) is 5.02 Å². The van der Waals surface area contributed by atoms with E-state index < -0.39 is 0 Å². The van der Waals surface area contributed by atoms with Crippen molar-refractivity contribution in [3.63, 3.8) is 0 Å². The van der Waals surface area contributed by atoms with Crippen molar-refractivity contribution >= 4 is 35.0 Å². The molecule has 0 fully saturated rings. The molecule has 1 N–H and O–H groups in total. The number of amides is 1. The average molecular weight is 390 g/mol. The minimum Gasteiger partial charge on any atom is -0.495 e. The Hall–Kier alpha value is -2.51. The van der Waals surface area contributed by atoms with Gasteiger partial charge in [0.2, 0.25) is 11.8 Å². The van der Waals surface area contributed by atoms with Crippen LogP contribution in [0.1, 0.15) is 11.5 Å². The van der Waals surface area contributed by atoms with Gasteiger partial charge in [-0.05, 0) is 29.8 Å². The topological polar surface area (TPSA) is 77.2 Å². The lowest BCUT2D eigenvalue weighted by atomic mass is 10.1. The first-order valence-electron chi connectivity index (χ1n) is 7.76. The van der Waals surface area contributed by atoms with E-state index in [0.717, 1.165) is 5.56 Å². The van der Waals surface area contributed by atoms with Gasteiger partial charge >= 0.3 is 0 Å². The molecule has 0 aliphatic carbocycles. The second-order valence-corrected chi connectivity index (χ2v) is 6.67. The number of para-hydroxylation sites is 2. The number of nitrogens with one attached hydrogen (secondary N) is 1. The molecule has 0 spiro atoms. The molecular weight excluding hydrogens is 374 g/mol. The zero-order valence-electron chi connectivity index (χ0n) is 13.9. The number of hydrogen-bond acceptors (Lipinski definition) is 6. The lowest BCUT2D eigenvalue weighted by Gasteiger charge is -2.08. The fraction of sp³-hybridized carbons (Fsp3) is 0.167. The number of halogens is 1. The Labute approximate surface area is 159 Å². The van der Waals surface area contributed by atoms with E-state index in [0.29, 0.717) is 34.0 Å². The average Bonchev–Trinajstić information content (AvgIpc) is 3.10. The lowest BCUT2D eigenvalue weighted by Crippen LogP contribution is -2.14. The molecule has 0 aliphatic rings. The van der Waals surface area contributed by atoms with Gasteiger partial charge in [0.1, 0.15) is 5.75 Å². The van der Waals surface area contributed by atoms with Gasteiger partial charge in [0.15, 0.2) is 0 Å². The minimum atomic E-state index is -0.183. The second kappa shape index (κ2) is 8.73. The molecule has 3 aromatic rings. The van der Waals surface area contributed by atoms with Gasteiger partial charge in [-0.15, -0.1) is 10.2 Å². The second-order valence-electron chi connectivity index (χ2n) is 5.30. The summed E-state index contributed by atoms with van der Waals surface area (Å²) in [6.45, 7) is 0. The van der Waals surface area contributed by atoms with Gasteiger partial charge in [0.25, 0.3) is 5.22 Å². The third-order valence-electron chi connectivity index (χ3n) is 3.42. The predicted octanol–water partition coefficient (Wildman–Crippen LogP) is 4.05. The van der Waals surface area contributed by atoms with Crippen LogP contribution >= 0.6 is 23.4 Å². The van der Waals surface area contributed by atoms with Crippen LogP contribution in [-0.2, 0) is 11.2 Å². The van der Waals surface area contributed by atoms with Gasteiger partial charge in [-0.25, -0.2) is 0 Å². The molecule has 0 bridgehead atoms. The molecule has 6 nitrogen and oxygen atoms in total. The van der Waals surface area contributed by atoms with E-state index in [-0.39, 0.29) is 11.7 Å². The molecule has 0 radical (unpaired) electrons. The van der Waals surface area contributed by atoms with Crippen LogP contribution in [0.15, 0.2) is 58.2 Å². The number of methoxy groups -OCH3 is 1. The van der Waals surface area contributed by atoms with Gasteiger partial charge in [-0.3, -0.25) is 4.79 Å². The van der Waals surface area contributed by atoms with Crippen molar-refractivity contribution in [3.05, 3.63) is 65.0 Å². The maximum atomic E-state index is 12.1. The first-order valence-corrected chi connectivity index (χ1v) is 9.13. The van der Waals surface area contributed by atoms with E-state index in [1.165, 1.54) is 11.8 Å². The van der Waals surface area contributed by atoms with E-state index in [2.05, 4.69) is 15.5 Å². The summed E-state index contributed by atoms with van der Waals surface area (Å²) in [5, 5.41) is 11.8. The molecule has 0 atom stereocenters. The summed E-state index contributed by atoms with van der Waals surface area (Å²) in [5.41, 5.74) is 1.64. The number of benzene rings is 2. The van der Waals surface area contributed by atoms with Crippen molar-refractivity contribution < 1.29 is 13.9 Å². The van der Waals surface area contributed by atoms with E-state index in [9.17, 15) is 4.79 Å². The first kappa shape index (κ1) is 18.3. The smallest absolute Gasteiger partial charge is 0.277 e. The Morgan fingerprint density at radius 2 is 1.96 bits per heavy atom. The molecule has 8 heteroatoms. The molecule has 26 heavy (non-hydrogen) atoms. The molecule has 0 saturated heterocycles. The van der Waals surface area contributed by atoms with Crippen molar-refractivity contribution in [1.29, 1.82) is 0 Å². The zero-order chi connectivity index (χ0) is 18.4. The van der Waals surface area contributed by atoms with E-state index >= 15 is 0 Å². The third-order valence-corrected chi connectivity index (χ3v) is 4.50. The van der Waals surface area contributed by atoms with Gasteiger partial charge in [0, 0.05) is 5.02 Å². The Morgan fingerprint density at radius 1 is 1.19 bits per heavy atom. The zero-order valence-corrected chi connectivity index (χ0v) is 15.5. The number of aromatic nitrogens is 2. The number of ether oxygens (including phenoxy) is 1. The predicted molar refractivity (Wildman–Crippen MR) is 101 cm³/mol. The van der Waals surface area contributed by atoms with Crippen LogP contribution < -0.4 is 10.1 Å². The van der Waals surface area contributed by atoms with Crippen molar-refractivity contribution in [2.24, 2.45) is 0 Å². The fourth-order valence-corrected chi connectivity index (χ4v) is 2.91. The monoisotopic (exact) mass is 389 g/mol. The highest BCUT2D eigenvalue weighted by Crippen LogP contribution is 2.24. The lowest BCUT2D eigenvalue weighted by molar-refractivity contribution is -0.113. The van der Waals surface area contributed by atoms with Crippen LogP contribution in [0.4, 0.5) is 5.69 Å². The van der Waals surface area contributed by atoms with Crippen molar-refractivity contribution in [3.8, 4) is 5.75 Å². The number of nitrogens with zero attached hydrogens (tertiary/aromatic N) is 2. The Balaban J connectivity index is 1.52. The summed E-state index contributed by atoms with van der Waals surface area (Å²) in [7, 11) is 1.56. The van der Waals surface area contributed by atoms with Gasteiger partial charge in [0.05, 0.1) is 25.0 Å². The quantitative estimate of drug-likeness (QED) is 0.614. The van der Waals surface area contributed by atoms with E-state index in [4.69, 9.17) is 20.8 Å². The number of anilines is 1. The maximum Gasteiger partial charge on any atom is 0.277 e. The molecule has 0 saturated carbocycles. The summed E-state index contributed by atoms with van der Waals surface area (Å²) < 4.78 is 10.8. The molecule has 3 rings (SSSR count). The molecule has 134 valence electrons. The molecule has 0 unspecified atom stereocenters. The molecule has 0 aliphatic heterocycles. The number of rotatable bonds is 7. The SMILES string of the molecule is COc1ccccc1NC(=O)CSc1nnc(Cc2ccc(Cl)cc2)o1. The van der Waals surface area contributed by atoms with Gasteiger partial charge < -0.3 is 14.5 Å². The van der Waals surface area contributed by atoms with Crippen LogP contribution in [0.3, 0.4) is 0 Å². The summed E-state index contributed by atoms with van der Waals surface area (Å²) in [4.78, 5) is 12.1. The number of hydrogen-bond donors (Lipinski definition) is 1. The normalized spacial score (nSPS) is 10.5. The van der Waals surface area contributed by atoms with Crippen molar-refractivity contribution in [2.45, 2.75) is 11.6 Å². The van der Waals surface area contributed by atoms with Crippen molar-refractivity contribution in [2.75, 3.05) is 18.2 Å². The van der Waals surface area contributed by atoms with Crippen LogP contribution in [-0.4, -0.2) is 29.0 Å². The molecule has 1 heterocycles. The Bertz CT molecular complexity index is 883. The van der Waals surface area contributed by atoms with Crippen molar-refractivity contribution in [1.82, 2.24) is 10.2 Å². The highest BCUT2D eigenvalue weighted by atomic mass is 35.5. The highest BCUT2D eigenvalue weighted by Gasteiger charge is 2.12. The fourth-order valence-electron chi connectivity index (χ4n) is 2.21. The Kier molecular flexibility index (Phi) is 6.14. The molecule has 1 aromatic heterocycles. The molecular formula is C18H16ClN3O3S. The maximum absolute atomic E-state index is 12.1. The van der Waals surface area contributed by atoms with Crippen LogP contribution in [0.25, 0.3) is 0 Å². The third kappa shape index (κ3) is 5.00. The minimum absolute atomic E-state index is 0.153. The number of carbonyl (C=O) groups excluding carboxylic acids is 1. The standard InChI is InChI=1S/C18H16ClN3O3S/c1-24-15-5-3-2-4-14(15)20-16(23)11-26-18-22-21-17(25-18)10-12-6-8-13(19)9-7-12/h2-9H,10-11H2,1H3,(H,20,23). The Morgan fingerprint density at radius 3 is 2.73 bits per heavy atom. The summed E-state index contributed by atoms with van der Waals surface area (Å²) >= 11 is 7.05. The van der Waals surface area contributed by atoms with Crippen LogP contribution in [0, 0.1) is 0 Å². The van der Waals surface area contributed by atoms with Gasteiger partial charge in [-0.2, -0.15) is 0 Å². The molecule has 2 aromatic carbocycles. The largest absolute Gasteiger partial charge is 0.495 e.